The Labute approximate surface area is 149 Å². The van der Waals surface area contributed by atoms with Crippen LogP contribution in [-0.4, -0.2) is 40.9 Å². The second-order valence-electron chi connectivity index (χ2n) is 5.14. The molecule has 0 aliphatic heterocycles. The largest absolute Gasteiger partial charge is 0.497 e. The Morgan fingerprint density at radius 1 is 1.08 bits per heavy atom. The molecule has 0 unspecified atom stereocenters. The van der Waals surface area contributed by atoms with E-state index in [0.29, 0.717) is 22.3 Å². The smallest absolute Gasteiger partial charge is 0.209 e. The Balaban J connectivity index is 1.63. The van der Waals surface area contributed by atoms with Crippen LogP contribution in [0.15, 0.2) is 53.7 Å². The zero-order chi connectivity index (χ0) is 17.6. The number of carbonyl (C=O) groups excluding carboxylic acids is 1. The number of Topliss-reactive ketones (excluding diaryl/α,β-unsaturated/α-hetero) is 1. The fourth-order valence-corrected chi connectivity index (χ4v) is 2.89. The number of benzene rings is 2. The third kappa shape index (κ3) is 4.19. The molecule has 1 aromatic heterocycles. The molecule has 1 N–H and O–H groups in total. The van der Waals surface area contributed by atoms with Crippen molar-refractivity contribution in [2.45, 2.75) is 5.16 Å². The standard InChI is InChI=1S/C18H17N3O3S/c1-23-14-8-6-12(7-9-14)17-19-18(21-20-17)25-11-16(22)13-4-3-5-15(10-13)24-2/h3-10H,11H2,1-2H3,(H,19,20,21). The maximum absolute atomic E-state index is 12.3. The second-order valence-corrected chi connectivity index (χ2v) is 6.08. The van der Waals surface area contributed by atoms with Gasteiger partial charge in [0.1, 0.15) is 11.5 Å². The Hall–Kier alpha value is -2.80. The lowest BCUT2D eigenvalue weighted by Gasteiger charge is -2.02. The monoisotopic (exact) mass is 355 g/mol. The third-order valence-corrected chi connectivity index (χ3v) is 4.40. The van der Waals surface area contributed by atoms with Gasteiger partial charge in [-0.15, -0.1) is 5.10 Å². The molecule has 25 heavy (non-hydrogen) atoms. The highest BCUT2D eigenvalue weighted by molar-refractivity contribution is 7.99. The second kappa shape index (κ2) is 7.85. The summed E-state index contributed by atoms with van der Waals surface area (Å²) in [4.78, 5) is 16.7. The molecule has 0 aliphatic carbocycles. The number of rotatable bonds is 7. The number of hydrogen-bond acceptors (Lipinski definition) is 6. The van der Waals surface area contributed by atoms with Crippen molar-refractivity contribution < 1.29 is 14.3 Å². The van der Waals surface area contributed by atoms with E-state index in [9.17, 15) is 4.79 Å². The summed E-state index contributed by atoms with van der Waals surface area (Å²) in [6.07, 6.45) is 0. The third-order valence-electron chi connectivity index (χ3n) is 3.55. The Kier molecular flexibility index (Phi) is 5.35. The van der Waals surface area contributed by atoms with Gasteiger partial charge in [-0.25, -0.2) is 4.98 Å². The minimum absolute atomic E-state index is 0.000280. The summed E-state index contributed by atoms with van der Waals surface area (Å²) in [7, 11) is 3.20. The summed E-state index contributed by atoms with van der Waals surface area (Å²) in [5, 5.41) is 7.57. The molecule has 0 radical (unpaired) electrons. The summed E-state index contributed by atoms with van der Waals surface area (Å²) in [6, 6.07) is 14.6. The lowest BCUT2D eigenvalue weighted by atomic mass is 10.1. The van der Waals surface area contributed by atoms with E-state index in [0.717, 1.165) is 11.3 Å². The van der Waals surface area contributed by atoms with Gasteiger partial charge < -0.3 is 9.47 Å². The van der Waals surface area contributed by atoms with Gasteiger partial charge in [-0.3, -0.25) is 9.89 Å². The van der Waals surface area contributed by atoms with Crippen molar-refractivity contribution in [3.05, 3.63) is 54.1 Å². The lowest BCUT2D eigenvalue weighted by Crippen LogP contribution is -2.02. The average Bonchev–Trinajstić information content (AvgIpc) is 3.15. The van der Waals surface area contributed by atoms with Crippen LogP contribution >= 0.6 is 11.8 Å². The first-order chi connectivity index (χ1) is 12.2. The Morgan fingerprint density at radius 2 is 1.84 bits per heavy atom. The molecule has 0 saturated carbocycles. The molecule has 1 heterocycles. The highest BCUT2D eigenvalue weighted by Crippen LogP contribution is 2.22. The minimum atomic E-state index is -0.000280. The molecule has 0 saturated heterocycles. The lowest BCUT2D eigenvalue weighted by molar-refractivity contribution is 0.102. The summed E-state index contributed by atoms with van der Waals surface area (Å²) in [5.74, 6) is 2.35. The normalized spacial score (nSPS) is 10.5. The van der Waals surface area contributed by atoms with E-state index in [-0.39, 0.29) is 11.5 Å². The van der Waals surface area contributed by atoms with Crippen LogP contribution in [0.1, 0.15) is 10.4 Å². The number of aromatic amines is 1. The number of ether oxygens (including phenoxy) is 2. The Bertz CT molecular complexity index is 862. The van der Waals surface area contributed by atoms with Crippen LogP contribution in [0.2, 0.25) is 0 Å². The number of nitrogens with zero attached hydrogens (tertiary/aromatic N) is 2. The molecule has 3 aromatic rings. The number of thioether (sulfide) groups is 1. The molecule has 128 valence electrons. The van der Waals surface area contributed by atoms with Gasteiger partial charge in [0, 0.05) is 11.1 Å². The van der Waals surface area contributed by atoms with Crippen LogP contribution in [0.4, 0.5) is 0 Å². The first-order valence-corrected chi connectivity index (χ1v) is 8.55. The molecule has 6 nitrogen and oxygen atoms in total. The van der Waals surface area contributed by atoms with Gasteiger partial charge in [-0.2, -0.15) is 0 Å². The quantitative estimate of drug-likeness (QED) is 0.517. The molecule has 0 fully saturated rings. The fourth-order valence-electron chi connectivity index (χ4n) is 2.20. The van der Waals surface area contributed by atoms with Crippen LogP contribution in [0.25, 0.3) is 11.4 Å². The van der Waals surface area contributed by atoms with Crippen molar-refractivity contribution >= 4 is 17.5 Å². The van der Waals surface area contributed by atoms with E-state index in [4.69, 9.17) is 9.47 Å². The fraction of sp³-hybridized carbons (Fsp3) is 0.167. The highest BCUT2D eigenvalue weighted by Gasteiger charge is 2.11. The summed E-state index contributed by atoms with van der Waals surface area (Å²) in [5.41, 5.74) is 1.51. The number of aromatic nitrogens is 3. The molecular weight excluding hydrogens is 338 g/mol. The molecule has 7 heteroatoms. The minimum Gasteiger partial charge on any atom is -0.497 e. The number of methoxy groups -OCH3 is 2. The molecule has 0 aliphatic rings. The summed E-state index contributed by atoms with van der Waals surface area (Å²) < 4.78 is 10.3. The van der Waals surface area contributed by atoms with Crippen LogP contribution in [0.3, 0.4) is 0 Å². The van der Waals surface area contributed by atoms with Gasteiger partial charge in [-0.05, 0) is 36.4 Å². The van der Waals surface area contributed by atoms with Crippen molar-refractivity contribution in [2.75, 3.05) is 20.0 Å². The topological polar surface area (TPSA) is 77.1 Å². The van der Waals surface area contributed by atoms with Gasteiger partial charge >= 0.3 is 0 Å². The van der Waals surface area contributed by atoms with E-state index < -0.39 is 0 Å². The van der Waals surface area contributed by atoms with E-state index in [1.165, 1.54) is 11.8 Å². The van der Waals surface area contributed by atoms with E-state index in [1.54, 1.807) is 38.5 Å². The zero-order valence-electron chi connectivity index (χ0n) is 13.9. The van der Waals surface area contributed by atoms with Gasteiger partial charge in [0.2, 0.25) is 5.16 Å². The number of ketones is 1. The van der Waals surface area contributed by atoms with E-state index in [2.05, 4.69) is 15.2 Å². The zero-order valence-corrected chi connectivity index (χ0v) is 14.7. The van der Waals surface area contributed by atoms with Crippen LogP contribution in [0, 0.1) is 0 Å². The first kappa shape index (κ1) is 17.0. The average molecular weight is 355 g/mol. The molecule has 2 aromatic carbocycles. The van der Waals surface area contributed by atoms with Gasteiger partial charge in [0.05, 0.1) is 20.0 Å². The van der Waals surface area contributed by atoms with Crippen molar-refractivity contribution in [3.8, 4) is 22.9 Å². The molecule has 0 spiro atoms. The molecular formula is C18H17N3O3S. The van der Waals surface area contributed by atoms with E-state index in [1.807, 2.05) is 24.3 Å². The number of hydrogen-bond donors (Lipinski definition) is 1. The maximum atomic E-state index is 12.3. The molecule has 0 amide bonds. The van der Waals surface area contributed by atoms with Gasteiger partial charge in [0.25, 0.3) is 0 Å². The Morgan fingerprint density at radius 3 is 2.56 bits per heavy atom. The van der Waals surface area contributed by atoms with Crippen LogP contribution in [-0.2, 0) is 0 Å². The highest BCUT2D eigenvalue weighted by atomic mass is 32.2. The molecule has 0 atom stereocenters. The number of carbonyl (C=O) groups is 1. The van der Waals surface area contributed by atoms with Crippen LogP contribution < -0.4 is 9.47 Å². The summed E-state index contributed by atoms with van der Waals surface area (Å²) >= 11 is 1.29. The van der Waals surface area contributed by atoms with Crippen LogP contribution in [0.5, 0.6) is 11.5 Å². The molecule has 0 bridgehead atoms. The summed E-state index contributed by atoms with van der Waals surface area (Å²) in [6.45, 7) is 0. The predicted octanol–water partition coefficient (Wildman–Crippen LogP) is 3.46. The number of nitrogens with one attached hydrogen (secondary N) is 1. The van der Waals surface area contributed by atoms with Crippen molar-refractivity contribution in [3.63, 3.8) is 0 Å². The maximum Gasteiger partial charge on any atom is 0.209 e. The SMILES string of the molecule is COc1ccc(-c2nc(SCC(=O)c3cccc(OC)c3)n[nH]2)cc1. The number of H-pyrrole nitrogens is 1. The van der Waals surface area contributed by atoms with E-state index >= 15 is 0 Å². The van der Waals surface area contributed by atoms with Crippen molar-refractivity contribution in [1.82, 2.24) is 15.2 Å². The first-order valence-electron chi connectivity index (χ1n) is 7.56. The predicted molar refractivity (Wildman–Crippen MR) is 96.4 cm³/mol. The van der Waals surface area contributed by atoms with Gasteiger partial charge in [0.15, 0.2) is 11.6 Å². The van der Waals surface area contributed by atoms with Crippen molar-refractivity contribution in [1.29, 1.82) is 0 Å². The van der Waals surface area contributed by atoms with Gasteiger partial charge in [-0.1, -0.05) is 23.9 Å². The molecule has 3 rings (SSSR count). The van der Waals surface area contributed by atoms with Crippen molar-refractivity contribution in [2.24, 2.45) is 0 Å².